The van der Waals surface area contributed by atoms with Crippen molar-refractivity contribution in [3.8, 4) is 17.2 Å². The van der Waals surface area contributed by atoms with Gasteiger partial charge >= 0.3 is 0 Å². The lowest BCUT2D eigenvalue weighted by atomic mass is 10.3. The van der Waals surface area contributed by atoms with Crippen molar-refractivity contribution in [2.24, 2.45) is 0 Å². The summed E-state index contributed by atoms with van der Waals surface area (Å²) in [6, 6.07) is 20.3. The van der Waals surface area contributed by atoms with Crippen molar-refractivity contribution in [1.29, 1.82) is 0 Å². The molecule has 0 fully saturated rings. The van der Waals surface area contributed by atoms with Gasteiger partial charge in [-0.2, -0.15) is 0 Å². The van der Waals surface area contributed by atoms with Gasteiger partial charge in [-0.05, 0) is 42.5 Å². The molecule has 0 atom stereocenters. The molecule has 3 aromatic rings. The van der Waals surface area contributed by atoms with E-state index < -0.39 is 10.0 Å². The molecule has 0 spiro atoms. The molecule has 0 saturated heterocycles. The van der Waals surface area contributed by atoms with Crippen LogP contribution in [0.2, 0.25) is 5.02 Å². The number of nitrogens with one attached hydrogen (secondary N) is 1. The fourth-order valence-corrected chi connectivity index (χ4v) is 3.82. The molecule has 0 heterocycles. The first-order valence-electron chi connectivity index (χ1n) is 7.68. The topological polar surface area (TPSA) is 64.6 Å². The predicted octanol–water partition coefficient (Wildman–Crippen LogP) is 4.94. The van der Waals surface area contributed by atoms with E-state index in [1.807, 2.05) is 18.2 Å². The fraction of sp³-hybridized carbons (Fsp3) is 0.0526. The monoisotopic (exact) mass is 389 g/mol. The van der Waals surface area contributed by atoms with Gasteiger partial charge in [0.2, 0.25) is 0 Å². The summed E-state index contributed by atoms with van der Waals surface area (Å²) in [4.78, 5) is -0.0537. The van der Waals surface area contributed by atoms with Gasteiger partial charge in [-0.3, -0.25) is 4.72 Å². The normalized spacial score (nSPS) is 11.0. The average Bonchev–Trinajstić information content (AvgIpc) is 2.64. The minimum Gasteiger partial charge on any atom is -0.495 e. The van der Waals surface area contributed by atoms with Crippen molar-refractivity contribution in [1.82, 2.24) is 0 Å². The lowest BCUT2D eigenvalue weighted by Crippen LogP contribution is -2.14. The molecule has 26 heavy (non-hydrogen) atoms. The average molecular weight is 390 g/mol. The molecule has 0 amide bonds. The molecule has 7 heteroatoms. The molecule has 0 aromatic heterocycles. The number of hydrogen-bond acceptors (Lipinski definition) is 4. The summed E-state index contributed by atoms with van der Waals surface area (Å²) < 4.78 is 39.1. The highest BCUT2D eigenvalue weighted by molar-refractivity contribution is 7.92. The molecule has 0 saturated carbocycles. The molecule has 0 radical (unpaired) electrons. The van der Waals surface area contributed by atoms with E-state index in [2.05, 4.69) is 4.72 Å². The molecule has 3 aromatic carbocycles. The highest BCUT2D eigenvalue weighted by Gasteiger charge is 2.21. The fourth-order valence-electron chi connectivity index (χ4n) is 2.32. The van der Waals surface area contributed by atoms with Crippen LogP contribution in [0.15, 0.2) is 77.7 Å². The van der Waals surface area contributed by atoms with Gasteiger partial charge in [0.25, 0.3) is 10.0 Å². The summed E-state index contributed by atoms with van der Waals surface area (Å²) in [7, 11) is -2.54. The number of rotatable bonds is 6. The molecule has 134 valence electrons. The van der Waals surface area contributed by atoms with E-state index in [4.69, 9.17) is 21.1 Å². The predicted molar refractivity (Wildman–Crippen MR) is 102 cm³/mol. The molecule has 0 aliphatic carbocycles. The first kappa shape index (κ1) is 18.1. The van der Waals surface area contributed by atoms with Gasteiger partial charge in [0, 0.05) is 5.02 Å². The molecule has 1 N–H and O–H groups in total. The Kier molecular flexibility index (Phi) is 5.35. The molecule has 0 unspecified atom stereocenters. The standard InChI is InChI=1S/C19H16ClNO4S/c1-24-18-12-11-14(20)13-19(18)26(22,23)21-16-9-5-6-10-17(16)25-15-7-3-2-4-8-15/h2-13,21H,1H3. The molecule has 0 aliphatic rings. The Morgan fingerprint density at radius 3 is 2.31 bits per heavy atom. The van der Waals surface area contributed by atoms with Gasteiger partial charge in [-0.15, -0.1) is 0 Å². The molecule has 0 aliphatic heterocycles. The van der Waals surface area contributed by atoms with Gasteiger partial charge in [0.15, 0.2) is 5.75 Å². The third-order valence-electron chi connectivity index (χ3n) is 3.52. The van der Waals surface area contributed by atoms with Crippen molar-refractivity contribution in [2.75, 3.05) is 11.8 Å². The number of anilines is 1. The third-order valence-corrected chi connectivity index (χ3v) is 5.14. The maximum absolute atomic E-state index is 12.8. The molecular formula is C19H16ClNO4S. The van der Waals surface area contributed by atoms with Crippen LogP contribution in [0.4, 0.5) is 5.69 Å². The lowest BCUT2D eigenvalue weighted by molar-refractivity contribution is 0.403. The Bertz CT molecular complexity index is 1010. The van der Waals surface area contributed by atoms with Crippen molar-refractivity contribution < 1.29 is 17.9 Å². The van der Waals surface area contributed by atoms with Crippen LogP contribution in [0.1, 0.15) is 0 Å². The van der Waals surface area contributed by atoms with Gasteiger partial charge in [0.05, 0.1) is 12.8 Å². The number of sulfonamides is 1. The van der Waals surface area contributed by atoms with E-state index >= 15 is 0 Å². The number of methoxy groups -OCH3 is 1. The quantitative estimate of drug-likeness (QED) is 0.648. The summed E-state index contributed by atoms with van der Waals surface area (Å²) in [5, 5.41) is 0.292. The number of hydrogen-bond donors (Lipinski definition) is 1. The third kappa shape index (κ3) is 4.09. The largest absolute Gasteiger partial charge is 0.495 e. The highest BCUT2D eigenvalue weighted by atomic mass is 35.5. The summed E-state index contributed by atoms with van der Waals surface area (Å²) in [5.74, 6) is 1.17. The van der Waals surface area contributed by atoms with Crippen LogP contribution in [-0.4, -0.2) is 15.5 Å². The van der Waals surface area contributed by atoms with E-state index in [9.17, 15) is 8.42 Å². The molecular weight excluding hydrogens is 374 g/mol. The summed E-state index contributed by atoms with van der Waals surface area (Å²) in [5.41, 5.74) is 0.304. The van der Waals surface area contributed by atoms with Crippen molar-refractivity contribution >= 4 is 27.3 Å². The zero-order valence-electron chi connectivity index (χ0n) is 13.8. The maximum atomic E-state index is 12.8. The van der Waals surface area contributed by atoms with Crippen LogP contribution < -0.4 is 14.2 Å². The van der Waals surface area contributed by atoms with Gasteiger partial charge in [-0.1, -0.05) is 41.9 Å². The second-order valence-electron chi connectivity index (χ2n) is 5.31. The van der Waals surface area contributed by atoms with Crippen LogP contribution in [0.25, 0.3) is 0 Å². The Morgan fingerprint density at radius 2 is 1.58 bits per heavy atom. The Morgan fingerprint density at radius 1 is 0.885 bits per heavy atom. The Labute approximate surface area is 157 Å². The SMILES string of the molecule is COc1ccc(Cl)cc1S(=O)(=O)Nc1ccccc1Oc1ccccc1. The number of benzene rings is 3. The lowest BCUT2D eigenvalue weighted by Gasteiger charge is -2.15. The second-order valence-corrected chi connectivity index (χ2v) is 7.40. The van der Waals surface area contributed by atoms with Crippen LogP contribution in [-0.2, 0) is 10.0 Å². The minimum atomic E-state index is -3.93. The number of ether oxygens (including phenoxy) is 2. The molecule has 0 bridgehead atoms. The minimum absolute atomic E-state index is 0.0537. The number of para-hydroxylation sites is 3. The van der Waals surface area contributed by atoms with E-state index in [-0.39, 0.29) is 10.6 Å². The van der Waals surface area contributed by atoms with Crippen molar-refractivity contribution in [2.45, 2.75) is 4.90 Å². The first-order chi connectivity index (χ1) is 12.5. The van der Waals surface area contributed by atoms with Crippen molar-refractivity contribution in [3.05, 3.63) is 77.8 Å². The Balaban J connectivity index is 1.95. The zero-order chi connectivity index (χ0) is 18.6. The molecule has 5 nitrogen and oxygen atoms in total. The second kappa shape index (κ2) is 7.68. The van der Waals surface area contributed by atoms with Crippen LogP contribution in [0, 0.1) is 0 Å². The maximum Gasteiger partial charge on any atom is 0.265 e. The van der Waals surface area contributed by atoms with Crippen LogP contribution >= 0.6 is 11.6 Å². The summed E-state index contributed by atoms with van der Waals surface area (Å²) >= 11 is 5.95. The zero-order valence-corrected chi connectivity index (χ0v) is 15.4. The molecule has 3 rings (SSSR count). The van der Waals surface area contributed by atoms with E-state index in [1.165, 1.54) is 19.2 Å². The smallest absolute Gasteiger partial charge is 0.265 e. The summed E-state index contributed by atoms with van der Waals surface area (Å²) in [6.45, 7) is 0. The van der Waals surface area contributed by atoms with Gasteiger partial charge < -0.3 is 9.47 Å². The van der Waals surface area contributed by atoms with Crippen LogP contribution in [0.3, 0.4) is 0 Å². The first-order valence-corrected chi connectivity index (χ1v) is 9.54. The van der Waals surface area contributed by atoms with E-state index in [0.717, 1.165) is 0 Å². The van der Waals surface area contributed by atoms with Crippen molar-refractivity contribution in [3.63, 3.8) is 0 Å². The van der Waals surface area contributed by atoms with E-state index in [1.54, 1.807) is 42.5 Å². The van der Waals surface area contributed by atoms with E-state index in [0.29, 0.717) is 22.2 Å². The van der Waals surface area contributed by atoms with Gasteiger partial charge in [0.1, 0.15) is 16.4 Å². The summed E-state index contributed by atoms with van der Waals surface area (Å²) in [6.07, 6.45) is 0. The van der Waals surface area contributed by atoms with Gasteiger partial charge in [-0.25, -0.2) is 8.42 Å². The Hall–Kier alpha value is -2.70. The number of halogens is 1. The van der Waals surface area contributed by atoms with Crippen LogP contribution in [0.5, 0.6) is 17.2 Å². The highest BCUT2D eigenvalue weighted by Crippen LogP contribution is 2.33.